The molecule has 0 aromatic heterocycles. The quantitative estimate of drug-likeness (QED) is 0.437. The second kappa shape index (κ2) is 12.5. The van der Waals surface area contributed by atoms with E-state index in [2.05, 4.69) is 80.3 Å². The molecule has 2 aromatic carbocycles. The predicted molar refractivity (Wildman–Crippen MR) is 124 cm³/mol. The summed E-state index contributed by atoms with van der Waals surface area (Å²) in [6, 6.07) is 22.4. The molecule has 0 aliphatic heterocycles. The molecule has 3 rings (SSSR count). The van der Waals surface area contributed by atoms with Crippen LogP contribution in [0.25, 0.3) is 0 Å². The van der Waals surface area contributed by atoms with E-state index in [1.54, 1.807) is 6.07 Å². The zero-order chi connectivity index (χ0) is 21.9. The van der Waals surface area contributed by atoms with Gasteiger partial charge < -0.3 is 0 Å². The maximum absolute atomic E-state index is 13.2. The normalized spacial score (nSPS) is 18.5. The van der Waals surface area contributed by atoms with E-state index in [0.717, 1.165) is 19.4 Å². The first kappa shape index (κ1) is 24.1. The maximum atomic E-state index is 13.2. The first-order valence-electron chi connectivity index (χ1n) is 11.3. The van der Waals surface area contributed by atoms with Crippen molar-refractivity contribution in [1.29, 1.82) is 5.26 Å². The third-order valence-electron chi connectivity index (χ3n) is 5.99. The largest absolute Gasteiger partial charge is 0.298 e. The standard InChI is InChI=1S/C25H34FN.C2H3N/c1-4-23(27(19(2)3)17-16-20-8-6-5-7-9-20)15-12-21-10-13-22(14-11-21)24-18-25(24)26;1-2-3/h5-11,13-14,19,23-25H,4,12,15-18H2,1-3H3;1H3. The van der Waals surface area contributed by atoms with Crippen molar-refractivity contribution in [2.24, 2.45) is 0 Å². The van der Waals surface area contributed by atoms with Crippen LogP contribution < -0.4 is 0 Å². The lowest BCUT2D eigenvalue weighted by Crippen LogP contribution is -2.41. The minimum absolute atomic E-state index is 0.164. The second-order valence-corrected chi connectivity index (χ2v) is 8.49. The molecule has 0 heterocycles. The van der Waals surface area contributed by atoms with Crippen molar-refractivity contribution in [3.63, 3.8) is 0 Å². The van der Waals surface area contributed by atoms with Crippen molar-refractivity contribution < 1.29 is 4.39 Å². The van der Waals surface area contributed by atoms with Crippen molar-refractivity contribution in [3.05, 3.63) is 71.3 Å². The van der Waals surface area contributed by atoms with Crippen molar-refractivity contribution >= 4 is 0 Å². The Morgan fingerprint density at radius 2 is 1.60 bits per heavy atom. The lowest BCUT2D eigenvalue weighted by atomic mass is 9.99. The number of benzene rings is 2. The zero-order valence-electron chi connectivity index (χ0n) is 19.0. The van der Waals surface area contributed by atoms with Gasteiger partial charge in [0, 0.05) is 31.5 Å². The lowest BCUT2D eigenvalue weighted by molar-refractivity contribution is 0.143. The Bertz CT molecular complexity index is 764. The molecule has 1 aliphatic carbocycles. The van der Waals surface area contributed by atoms with Gasteiger partial charge in [-0.15, -0.1) is 0 Å². The molecule has 30 heavy (non-hydrogen) atoms. The van der Waals surface area contributed by atoms with E-state index < -0.39 is 6.17 Å². The third-order valence-corrected chi connectivity index (χ3v) is 5.99. The van der Waals surface area contributed by atoms with E-state index in [4.69, 9.17) is 5.26 Å². The average Bonchev–Trinajstić information content (AvgIpc) is 3.48. The van der Waals surface area contributed by atoms with E-state index in [-0.39, 0.29) is 5.92 Å². The van der Waals surface area contributed by atoms with Crippen LogP contribution in [0.1, 0.15) is 69.6 Å². The van der Waals surface area contributed by atoms with E-state index in [1.807, 2.05) is 0 Å². The van der Waals surface area contributed by atoms with E-state index in [1.165, 1.54) is 36.5 Å². The fraction of sp³-hybridized carbons (Fsp3) is 0.519. The highest BCUT2D eigenvalue weighted by molar-refractivity contribution is 5.30. The SMILES string of the molecule is CC#N.CCC(CCc1ccc(C2CC2F)cc1)N(CCc1ccccc1)C(C)C. The van der Waals surface area contributed by atoms with Gasteiger partial charge in [-0.3, -0.25) is 4.90 Å². The summed E-state index contributed by atoms with van der Waals surface area (Å²) in [4.78, 5) is 2.67. The number of hydrogen-bond donors (Lipinski definition) is 0. The molecule has 1 aliphatic rings. The Morgan fingerprint density at radius 1 is 1.03 bits per heavy atom. The molecule has 162 valence electrons. The second-order valence-electron chi connectivity index (χ2n) is 8.49. The third kappa shape index (κ3) is 7.58. The molecule has 0 saturated heterocycles. The van der Waals surface area contributed by atoms with Crippen LogP contribution in [0.4, 0.5) is 4.39 Å². The summed E-state index contributed by atoms with van der Waals surface area (Å²) < 4.78 is 13.2. The Labute approximate surface area is 182 Å². The van der Waals surface area contributed by atoms with Gasteiger partial charge in [-0.1, -0.05) is 61.5 Å². The van der Waals surface area contributed by atoms with E-state index in [0.29, 0.717) is 18.5 Å². The summed E-state index contributed by atoms with van der Waals surface area (Å²) in [5, 5.41) is 7.32. The van der Waals surface area contributed by atoms with Crippen molar-refractivity contribution in [3.8, 4) is 6.07 Å². The van der Waals surface area contributed by atoms with E-state index >= 15 is 0 Å². The van der Waals surface area contributed by atoms with Gasteiger partial charge in [0.15, 0.2) is 0 Å². The van der Waals surface area contributed by atoms with Gasteiger partial charge in [-0.05, 0) is 62.6 Å². The molecule has 3 atom stereocenters. The molecule has 0 amide bonds. The van der Waals surface area contributed by atoms with Gasteiger partial charge in [-0.25, -0.2) is 4.39 Å². The fourth-order valence-corrected chi connectivity index (χ4v) is 4.14. The zero-order valence-corrected chi connectivity index (χ0v) is 19.0. The number of nitriles is 1. The van der Waals surface area contributed by atoms with Crippen molar-refractivity contribution in [2.45, 2.75) is 84.0 Å². The summed E-state index contributed by atoms with van der Waals surface area (Å²) in [7, 11) is 0. The molecule has 2 aromatic rings. The molecular weight excluding hydrogens is 371 g/mol. The van der Waals surface area contributed by atoms with Gasteiger partial charge in [0.2, 0.25) is 0 Å². The minimum Gasteiger partial charge on any atom is -0.298 e. The Balaban J connectivity index is 0.00000101. The van der Waals surface area contributed by atoms with Crippen LogP contribution >= 0.6 is 0 Å². The first-order chi connectivity index (χ1) is 14.5. The van der Waals surface area contributed by atoms with Crippen molar-refractivity contribution in [2.75, 3.05) is 6.54 Å². The molecule has 0 spiro atoms. The highest BCUT2D eigenvalue weighted by Gasteiger charge is 2.38. The van der Waals surface area contributed by atoms with Crippen LogP contribution in [0.2, 0.25) is 0 Å². The highest BCUT2D eigenvalue weighted by Crippen LogP contribution is 2.43. The van der Waals surface area contributed by atoms with Gasteiger partial charge in [0.25, 0.3) is 0 Å². The Kier molecular flexibility index (Phi) is 10.0. The van der Waals surface area contributed by atoms with Crippen molar-refractivity contribution in [1.82, 2.24) is 4.90 Å². The molecule has 0 bridgehead atoms. The van der Waals surface area contributed by atoms with E-state index in [9.17, 15) is 4.39 Å². The minimum atomic E-state index is -0.607. The number of halogens is 1. The van der Waals surface area contributed by atoms with Crippen LogP contribution in [0.5, 0.6) is 0 Å². The summed E-state index contributed by atoms with van der Waals surface area (Å²) in [5.74, 6) is 0.164. The van der Waals surface area contributed by atoms with Crippen LogP contribution in [-0.4, -0.2) is 29.7 Å². The van der Waals surface area contributed by atoms with Crippen LogP contribution in [0.15, 0.2) is 54.6 Å². The summed E-state index contributed by atoms with van der Waals surface area (Å²) >= 11 is 0. The summed E-state index contributed by atoms with van der Waals surface area (Å²) in [6.45, 7) is 9.47. The van der Waals surface area contributed by atoms with Crippen LogP contribution in [-0.2, 0) is 12.8 Å². The van der Waals surface area contributed by atoms with Crippen LogP contribution in [0.3, 0.4) is 0 Å². The van der Waals surface area contributed by atoms with Gasteiger partial charge in [-0.2, -0.15) is 5.26 Å². The Morgan fingerprint density at radius 3 is 2.10 bits per heavy atom. The first-order valence-corrected chi connectivity index (χ1v) is 11.3. The molecule has 2 nitrogen and oxygen atoms in total. The molecule has 3 heteroatoms. The van der Waals surface area contributed by atoms with Gasteiger partial charge >= 0.3 is 0 Å². The molecule has 0 radical (unpaired) electrons. The molecule has 0 N–H and O–H groups in total. The predicted octanol–water partition coefficient (Wildman–Crippen LogP) is 6.71. The van der Waals surface area contributed by atoms with Gasteiger partial charge in [0.05, 0.1) is 6.07 Å². The topological polar surface area (TPSA) is 27.0 Å². The van der Waals surface area contributed by atoms with Crippen LogP contribution in [0, 0.1) is 11.3 Å². The number of aryl methyl sites for hydroxylation is 1. The number of hydrogen-bond acceptors (Lipinski definition) is 2. The smallest absolute Gasteiger partial charge is 0.108 e. The summed E-state index contributed by atoms with van der Waals surface area (Å²) in [5.41, 5.74) is 3.96. The lowest BCUT2D eigenvalue weighted by Gasteiger charge is -2.35. The molecule has 1 saturated carbocycles. The fourth-order valence-electron chi connectivity index (χ4n) is 4.14. The highest BCUT2D eigenvalue weighted by atomic mass is 19.1. The number of nitrogens with zero attached hydrogens (tertiary/aromatic N) is 2. The molecule has 1 fully saturated rings. The van der Waals surface area contributed by atoms with Gasteiger partial charge in [0.1, 0.15) is 6.17 Å². The maximum Gasteiger partial charge on any atom is 0.108 e. The average molecular weight is 409 g/mol. The molecule has 3 unspecified atom stereocenters. The summed E-state index contributed by atoms with van der Waals surface area (Å²) in [6.07, 6.45) is 4.66. The molecular formula is C27H37FN2. The Hall–Kier alpha value is -2.18. The monoisotopic (exact) mass is 408 g/mol. The number of alkyl halides is 1. The number of rotatable bonds is 10.